The van der Waals surface area contributed by atoms with Crippen molar-refractivity contribution in [3.63, 3.8) is 0 Å². The van der Waals surface area contributed by atoms with Gasteiger partial charge in [-0.2, -0.15) is 0 Å². The minimum Gasteiger partial charge on any atom is -0.508 e. The number of hydrogen-bond donors (Lipinski definition) is 1. The minimum absolute atomic E-state index is 0.0720. The Kier molecular flexibility index (Phi) is 4.18. The quantitative estimate of drug-likeness (QED) is 0.915. The Balaban J connectivity index is 2.29. The van der Waals surface area contributed by atoms with Gasteiger partial charge in [-0.05, 0) is 37.6 Å². The molecule has 0 radical (unpaired) electrons. The lowest BCUT2D eigenvalue weighted by molar-refractivity contribution is 0.414. The third kappa shape index (κ3) is 2.87. The maximum absolute atomic E-state index is 10.1. The predicted octanol–water partition coefficient (Wildman–Crippen LogP) is 3.91. The summed E-state index contributed by atoms with van der Waals surface area (Å²) in [5.41, 5.74) is 3.03. The second kappa shape index (κ2) is 5.87. The molecular weight excluding hydrogens is 250 g/mol. The number of methoxy groups -OCH3 is 1. The van der Waals surface area contributed by atoms with Crippen molar-refractivity contribution in [1.29, 1.82) is 0 Å². The van der Waals surface area contributed by atoms with E-state index in [0.717, 1.165) is 22.6 Å². The molecule has 2 aromatic carbocycles. The predicted molar refractivity (Wildman–Crippen MR) is 82.7 cm³/mol. The fraction of sp³-hybridized carbons (Fsp3) is 0.294. The van der Waals surface area contributed by atoms with Gasteiger partial charge in [0.2, 0.25) is 0 Å². The van der Waals surface area contributed by atoms with Crippen LogP contribution in [0.5, 0.6) is 11.5 Å². The van der Waals surface area contributed by atoms with Gasteiger partial charge in [-0.15, -0.1) is 0 Å². The summed E-state index contributed by atoms with van der Waals surface area (Å²) in [6, 6.07) is 13.8. The van der Waals surface area contributed by atoms with Gasteiger partial charge in [-0.3, -0.25) is 0 Å². The van der Waals surface area contributed by atoms with Gasteiger partial charge in [0, 0.05) is 24.4 Å². The van der Waals surface area contributed by atoms with Crippen LogP contribution in [-0.2, 0) is 0 Å². The summed E-state index contributed by atoms with van der Waals surface area (Å²) >= 11 is 0. The van der Waals surface area contributed by atoms with Crippen LogP contribution in [0.4, 0.5) is 5.69 Å². The molecular formula is C17H21NO2. The van der Waals surface area contributed by atoms with Crippen LogP contribution in [0.1, 0.15) is 24.1 Å². The Morgan fingerprint density at radius 3 is 2.55 bits per heavy atom. The molecule has 0 aliphatic carbocycles. The Morgan fingerprint density at radius 1 is 1.15 bits per heavy atom. The van der Waals surface area contributed by atoms with Crippen molar-refractivity contribution in [3.05, 3.63) is 53.6 Å². The van der Waals surface area contributed by atoms with Crippen LogP contribution in [0.25, 0.3) is 0 Å². The smallest absolute Gasteiger partial charge is 0.121 e. The van der Waals surface area contributed by atoms with Gasteiger partial charge in [0.25, 0.3) is 0 Å². The second-order valence-electron chi connectivity index (χ2n) is 5.05. The summed E-state index contributed by atoms with van der Waals surface area (Å²) in [7, 11) is 3.67. The number of ether oxygens (including phenoxy) is 1. The largest absolute Gasteiger partial charge is 0.508 e. The Morgan fingerprint density at radius 2 is 1.90 bits per heavy atom. The average Bonchev–Trinajstić information content (AvgIpc) is 2.46. The molecule has 0 saturated heterocycles. The molecule has 1 N–H and O–H groups in total. The highest BCUT2D eigenvalue weighted by Gasteiger charge is 2.16. The summed E-state index contributed by atoms with van der Waals surface area (Å²) in [4.78, 5) is 2.12. The van der Waals surface area contributed by atoms with Crippen LogP contribution in [-0.4, -0.2) is 19.3 Å². The first-order valence-corrected chi connectivity index (χ1v) is 6.69. The van der Waals surface area contributed by atoms with E-state index >= 15 is 0 Å². The lowest BCUT2D eigenvalue weighted by atomic mass is 10.0. The maximum atomic E-state index is 10.1. The van der Waals surface area contributed by atoms with Crippen molar-refractivity contribution < 1.29 is 9.84 Å². The first kappa shape index (κ1) is 14.3. The van der Waals surface area contributed by atoms with Gasteiger partial charge in [-0.25, -0.2) is 0 Å². The molecule has 1 unspecified atom stereocenters. The first-order chi connectivity index (χ1) is 9.52. The zero-order valence-electron chi connectivity index (χ0n) is 12.4. The fourth-order valence-corrected chi connectivity index (χ4v) is 2.27. The summed E-state index contributed by atoms with van der Waals surface area (Å²) in [6.45, 7) is 4.05. The highest BCUT2D eigenvalue weighted by atomic mass is 16.5. The standard InChI is InChI=1S/C17H21NO2/c1-12-8-9-16(17(19)10-12)13(2)18(3)14-6-5-7-15(11-14)20-4/h5-11,13,19H,1-4H3. The molecule has 0 heterocycles. The van der Waals surface area contributed by atoms with Crippen LogP contribution in [0.15, 0.2) is 42.5 Å². The molecule has 0 amide bonds. The van der Waals surface area contributed by atoms with E-state index in [1.165, 1.54) is 0 Å². The van der Waals surface area contributed by atoms with E-state index < -0.39 is 0 Å². The number of nitrogens with zero attached hydrogens (tertiary/aromatic N) is 1. The number of aryl methyl sites for hydroxylation is 1. The van der Waals surface area contributed by atoms with Crippen LogP contribution in [0.2, 0.25) is 0 Å². The van der Waals surface area contributed by atoms with Gasteiger partial charge in [0.1, 0.15) is 11.5 Å². The molecule has 0 spiro atoms. The molecule has 20 heavy (non-hydrogen) atoms. The van der Waals surface area contributed by atoms with Crippen LogP contribution >= 0.6 is 0 Å². The van der Waals surface area contributed by atoms with Gasteiger partial charge in [0.15, 0.2) is 0 Å². The molecule has 1 atom stereocenters. The SMILES string of the molecule is COc1cccc(N(C)C(C)c2ccc(C)cc2O)c1. The molecule has 106 valence electrons. The van der Waals surface area contributed by atoms with Crippen LogP contribution in [0, 0.1) is 6.92 Å². The van der Waals surface area contributed by atoms with Crippen LogP contribution < -0.4 is 9.64 Å². The van der Waals surface area contributed by atoms with E-state index in [9.17, 15) is 5.11 Å². The van der Waals surface area contributed by atoms with E-state index in [-0.39, 0.29) is 6.04 Å². The number of hydrogen-bond acceptors (Lipinski definition) is 3. The van der Waals surface area contributed by atoms with Crippen molar-refractivity contribution in [1.82, 2.24) is 0 Å². The van der Waals surface area contributed by atoms with Crippen molar-refractivity contribution in [2.75, 3.05) is 19.1 Å². The summed E-state index contributed by atoms with van der Waals surface area (Å²) in [6.07, 6.45) is 0. The van der Waals surface area contributed by atoms with Gasteiger partial charge in [-0.1, -0.05) is 18.2 Å². The lowest BCUT2D eigenvalue weighted by Crippen LogP contribution is -2.21. The first-order valence-electron chi connectivity index (χ1n) is 6.69. The Labute approximate surface area is 120 Å². The topological polar surface area (TPSA) is 32.7 Å². The minimum atomic E-state index is 0.0720. The van der Waals surface area contributed by atoms with Crippen molar-refractivity contribution >= 4 is 5.69 Å². The number of benzene rings is 2. The Hall–Kier alpha value is -2.16. The molecule has 3 nitrogen and oxygen atoms in total. The zero-order valence-corrected chi connectivity index (χ0v) is 12.4. The van der Waals surface area contributed by atoms with Gasteiger partial charge >= 0.3 is 0 Å². The third-order valence-electron chi connectivity index (χ3n) is 3.68. The summed E-state index contributed by atoms with van der Waals surface area (Å²) < 4.78 is 5.25. The van der Waals surface area contributed by atoms with E-state index in [1.54, 1.807) is 13.2 Å². The molecule has 2 rings (SSSR count). The number of aromatic hydroxyl groups is 1. The average molecular weight is 271 g/mol. The van der Waals surface area contributed by atoms with Gasteiger partial charge in [0.05, 0.1) is 13.2 Å². The fourth-order valence-electron chi connectivity index (χ4n) is 2.27. The molecule has 0 aliphatic heterocycles. The molecule has 0 saturated carbocycles. The highest BCUT2D eigenvalue weighted by molar-refractivity contribution is 5.53. The number of rotatable bonds is 4. The number of phenols is 1. The van der Waals surface area contributed by atoms with Crippen molar-refractivity contribution in [2.45, 2.75) is 19.9 Å². The van der Waals surface area contributed by atoms with E-state index in [4.69, 9.17) is 4.74 Å². The Bertz CT molecular complexity index is 595. The monoisotopic (exact) mass is 271 g/mol. The molecule has 0 fully saturated rings. The lowest BCUT2D eigenvalue weighted by Gasteiger charge is -2.28. The molecule has 0 aromatic heterocycles. The third-order valence-corrected chi connectivity index (χ3v) is 3.68. The normalized spacial score (nSPS) is 12.0. The van der Waals surface area contributed by atoms with Crippen LogP contribution in [0.3, 0.4) is 0 Å². The molecule has 0 aliphatic rings. The van der Waals surface area contributed by atoms with E-state index in [0.29, 0.717) is 5.75 Å². The summed E-state index contributed by atoms with van der Waals surface area (Å²) in [5, 5.41) is 10.1. The van der Waals surface area contributed by atoms with Gasteiger partial charge < -0.3 is 14.7 Å². The molecule has 3 heteroatoms. The molecule has 2 aromatic rings. The zero-order chi connectivity index (χ0) is 14.7. The number of phenolic OH excluding ortho intramolecular Hbond substituents is 1. The van der Waals surface area contributed by atoms with Crippen molar-refractivity contribution in [3.8, 4) is 11.5 Å². The number of anilines is 1. The van der Waals surface area contributed by atoms with Crippen molar-refractivity contribution in [2.24, 2.45) is 0 Å². The van der Waals surface area contributed by atoms with E-state index in [1.807, 2.05) is 50.4 Å². The maximum Gasteiger partial charge on any atom is 0.121 e. The van der Waals surface area contributed by atoms with E-state index in [2.05, 4.69) is 11.8 Å². The second-order valence-corrected chi connectivity index (χ2v) is 5.05. The molecule has 0 bridgehead atoms. The summed E-state index contributed by atoms with van der Waals surface area (Å²) in [5.74, 6) is 1.17. The highest BCUT2D eigenvalue weighted by Crippen LogP contribution is 2.32.